The summed E-state index contributed by atoms with van der Waals surface area (Å²) in [4.78, 5) is 36.5. The van der Waals surface area contributed by atoms with E-state index in [4.69, 9.17) is 17.3 Å². The van der Waals surface area contributed by atoms with Gasteiger partial charge in [-0.25, -0.2) is 0 Å². The Morgan fingerprint density at radius 3 is 2.65 bits per heavy atom. The Kier molecular flexibility index (Phi) is 5.51. The summed E-state index contributed by atoms with van der Waals surface area (Å²) in [6.07, 6.45) is 1.71. The molecule has 0 spiro atoms. The highest BCUT2D eigenvalue weighted by Crippen LogP contribution is 2.32. The fourth-order valence-corrected chi connectivity index (χ4v) is 3.08. The molecule has 120 valence electrons. The molecular formula is C15H14N2O4S2. The van der Waals surface area contributed by atoms with Crippen LogP contribution in [0.3, 0.4) is 0 Å². The van der Waals surface area contributed by atoms with Gasteiger partial charge in [0.25, 0.3) is 5.91 Å². The number of carboxylic acid groups (broad SMARTS) is 1. The van der Waals surface area contributed by atoms with Gasteiger partial charge in [0.1, 0.15) is 16.9 Å². The molecule has 0 bridgehead atoms. The summed E-state index contributed by atoms with van der Waals surface area (Å²) < 4.78 is 0.273. The van der Waals surface area contributed by atoms with E-state index in [0.717, 1.165) is 17.3 Å². The smallest absolute Gasteiger partial charge is 0.325 e. The summed E-state index contributed by atoms with van der Waals surface area (Å²) in [7, 11) is 0. The summed E-state index contributed by atoms with van der Waals surface area (Å²) in [5, 5.41) is 11.1. The molecule has 6 nitrogen and oxygen atoms in total. The molecule has 1 atom stereocenters. The van der Waals surface area contributed by atoms with Crippen LogP contribution in [0.5, 0.6) is 0 Å². The quantitative estimate of drug-likeness (QED) is 0.618. The predicted molar refractivity (Wildman–Crippen MR) is 91.6 cm³/mol. The van der Waals surface area contributed by atoms with E-state index in [2.05, 4.69) is 5.32 Å². The Labute approximate surface area is 142 Å². The van der Waals surface area contributed by atoms with Crippen LogP contribution in [0.15, 0.2) is 35.2 Å². The Hall–Kier alpha value is -2.19. The normalized spacial score (nSPS) is 17.4. The number of aliphatic carboxylic acids is 1. The van der Waals surface area contributed by atoms with Crippen molar-refractivity contribution >= 4 is 52.2 Å². The van der Waals surface area contributed by atoms with Crippen molar-refractivity contribution in [3.05, 3.63) is 40.8 Å². The van der Waals surface area contributed by atoms with E-state index in [0.29, 0.717) is 4.91 Å². The van der Waals surface area contributed by atoms with Gasteiger partial charge in [0.15, 0.2) is 0 Å². The molecule has 2 N–H and O–H groups in total. The minimum Gasteiger partial charge on any atom is -0.480 e. The molecule has 1 aliphatic heterocycles. The van der Waals surface area contributed by atoms with Gasteiger partial charge < -0.3 is 10.4 Å². The third-order valence-electron chi connectivity index (χ3n) is 3.02. The molecule has 0 aliphatic carbocycles. The van der Waals surface area contributed by atoms with Crippen LogP contribution in [0.4, 0.5) is 0 Å². The largest absolute Gasteiger partial charge is 0.480 e. The fourth-order valence-electron chi connectivity index (χ4n) is 1.83. The van der Waals surface area contributed by atoms with E-state index in [-0.39, 0.29) is 16.8 Å². The second kappa shape index (κ2) is 7.38. The molecule has 1 saturated heterocycles. The van der Waals surface area contributed by atoms with E-state index >= 15 is 0 Å². The molecule has 0 radical (unpaired) electrons. The van der Waals surface area contributed by atoms with Gasteiger partial charge in [0.05, 0.1) is 4.91 Å². The van der Waals surface area contributed by atoms with E-state index in [9.17, 15) is 14.4 Å². The van der Waals surface area contributed by atoms with Gasteiger partial charge in [-0.1, -0.05) is 54.3 Å². The zero-order valence-electron chi connectivity index (χ0n) is 12.2. The summed E-state index contributed by atoms with van der Waals surface area (Å²) in [5.74, 6) is -2.08. The van der Waals surface area contributed by atoms with Gasteiger partial charge in [-0.15, -0.1) is 0 Å². The van der Waals surface area contributed by atoms with Crippen molar-refractivity contribution in [1.29, 1.82) is 0 Å². The first-order chi connectivity index (χ1) is 10.9. The van der Waals surface area contributed by atoms with E-state index < -0.39 is 17.9 Å². The lowest BCUT2D eigenvalue weighted by Gasteiger charge is -2.15. The number of amides is 2. The van der Waals surface area contributed by atoms with Crippen molar-refractivity contribution in [2.75, 3.05) is 6.54 Å². The maximum atomic E-state index is 12.3. The SMILES string of the molecule is CC(NC(=O)CN1C(=O)/C(=C\c2ccccc2)SC1=S)C(=O)O. The van der Waals surface area contributed by atoms with Crippen LogP contribution in [0.2, 0.25) is 0 Å². The van der Waals surface area contributed by atoms with Crippen molar-refractivity contribution in [1.82, 2.24) is 10.2 Å². The number of carbonyl (C=O) groups excluding carboxylic acids is 2. The number of nitrogens with zero attached hydrogens (tertiary/aromatic N) is 1. The summed E-state index contributed by atoms with van der Waals surface area (Å²) in [5.41, 5.74) is 0.858. The predicted octanol–water partition coefficient (Wildman–Crippen LogP) is 1.48. The molecule has 1 fully saturated rings. The Bertz CT molecular complexity index is 688. The van der Waals surface area contributed by atoms with Gasteiger partial charge in [-0.2, -0.15) is 0 Å². The molecule has 0 saturated carbocycles. The summed E-state index contributed by atoms with van der Waals surface area (Å²) >= 11 is 6.24. The number of carbonyl (C=O) groups is 3. The minimum atomic E-state index is -1.15. The van der Waals surface area contributed by atoms with E-state index in [1.54, 1.807) is 6.08 Å². The lowest BCUT2D eigenvalue weighted by Crippen LogP contribution is -2.45. The molecule has 2 amide bonds. The standard InChI is InChI=1S/C15H14N2O4S2/c1-9(14(20)21)16-12(18)8-17-13(19)11(23-15(17)22)7-10-5-3-2-4-6-10/h2-7,9H,8H2,1H3,(H,16,18)(H,20,21)/b11-7+. The number of thiocarbonyl (C=S) groups is 1. The maximum absolute atomic E-state index is 12.3. The van der Waals surface area contributed by atoms with Crippen LogP contribution >= 0.6 is 24.0 Å². The third kappa shape index (κ3) is 4.40. The lowest BCUT2D eigenvalue weighted by atomic mass is 10.2. The Morgan fingerprint density at radius 1 is 1.39 bits per heavy atom. The lowest BCUT2D eigenvalue weighted by molar-refractivity contribution is -0.141. The highest BCUT2D eigenvalue weighted by molar-refractivity contribution is 8.26. The van der Waals surface area contributed by atoms with E-state index in [1.165, 1.54) is 11.8 Å². The van der Waals surface area contributed by atoms with Crippen molar-refractivity contribution in [2.45, 2.75) is 13.0 Å². The van der Waals surface area contributed by atoms with Gasteiger partial charge in [0, 0.05) is 0 Å². The first-order valence-corrected chi connectivity index (χ1v) is 7.93. The number of hydrogen-bond donors (Lipinski definition) is 2. The number of benzene rings is 1. The molecule has 1 aromatic rings. The number of nitrogens with one attached hydrogen (secondary N) is 1. The van der Waals surface area contributed by atoms with E-state index in [1.807, 2.05) is 30.3 Å². The Morgan fingerprint density at radius 2 is 2.04 bits per heavy atom. The fraction of sp³-hybridized carbons (Fsp3) is 0.200. The average Bonchev–Trinajstić information content (AvgIpc) is 2.75. The van der Waals surface area contributed by atoms with Gasteiger partial charge >= 0.3 is 5.97 Å². The summed E-state index contributed by atoms with van der Waals surface area (Å²) in [6, 6.07) is 8.26. The van der Waals surface area contributed by atoms with Crippen LogP contribution in [0.25, 0.3) is 6.08 Å². The number of rotatable bonds is 5. The molecule has 1 unspecified atom stereocenters. The molecule has 0 aromatic heterocycles. The first-order valence-electron chi connectivity index (χ1n) is 6.71. The van der Waals surface area contributed by atoms with Crippen LogP contribution < -0.4 is 5.32 Å². The maximum Gasteiger partial charge on any atom is 0.325 e. The van der Waals surface area contributed by atoms with Crippen molar-refractivity contribution in [3.8, 4) is 0 Å². The highest BCUT2D eigenvalue weighted by Gasteiger charge is 2.33. The minimum absolute atomic E-state index is 0.273. The Balaban J connectivity index is 2.06. The van der Waals surface area contributed by atoms with Crippen LogP contribution in [-0.2, 0) is 14.4 Å². The van der Waals surface area contributed by atoms with Crippen molar-refractivity contribution in [3.63, 3.8) is 0 Å². The molecule has 1 heterocycles. The van der Waals surface area contributed by atoms with Gasteiger partial charge in [-0.05, 0) is 18.6 Å². The average molecular weight is 350 g/mol. The summed E-state index contributed by atoms with van der Waals surface area (Å²) in [6.45, 7) is 1.05. The molecule has 23 heavy (non-hydrogen) atoms. The molecule has 8 heteroatoms. The van der Waals surface area contributed by atoms with Crippen LogP contribution in [0.1, 0.15) is 12.5 Å². The van der Waals surface area contributed by atoms with Crippen LogP contribution in [-0.4, -0.2) is 44.7 Å². The molecule has 2 rings (SSSR count). The van der Waals surface area contributed by atoms with Gasteiger partial charge in [-0.3, -0.25) is 19.3 Å². The molecule has 1 aromatic carbocycles. The first kappa shape index (κ1) is 17.2. The van der Waals surface area contributed by atoms with Crippen LogP contribution in [0, 0.1) is 0 Å². The molecular weight excluding hydrogens is 336 g/mol. The highest BCUT2D eigenvalue weighted by atomic mass is 32.2. The topological polar surface area (TPSA) is 86.7 Å². The van der Waals surface area contributed by atoms with Crippen molar-refractivity contribution in [2.24, 2.45) is 0 Å². The number of thioether (sulfide) groups is 1. The second-order valence-corrected chi connectivity index (χ2v) is 6.48. The zero-order valence-corrected chi connectivity index (χ0v) is 13.8. The van der Waals surface area contributed by atoms with Crippen molar-refractivity contribution < 1.29 is 19.5 Å². The number of hydrogen-bond acceptors (Lipinski definition) is 5. The third-order valence-corrected chi connectivity index (χ3v) is 4.40. The second-order valence-electron chi connectivity index (χ2n) is 4.81. The van der Waals surface area contributed by atoms with Gasteiger partial charge in [0.2, 0.25) is 5.91 Å². The zero-order chi connectivity index (χ0) is 17.0. The molecule has 1 aliphatic rings. The number of carboxylic acids is 1. The monoisotopic (exact) mass is 350 g/mol.